The third-order valence-corrected chi connectivity index (χ3v) is 11.1. The summed E-state index contributed by atoms with van der Waals surface area (Å²) in [5.74, 6) is -1.82. The van der Waals surface area contributed by atoms with Crippen molar-refractivity contribution in [2.45, 2.75) is 185 Å². The third kappa shape index (κ3) is 37.7. The van der Waals surface area contributed by atoms with E-state index < -0.39 is 84.0 Å². The predicted octanol–water partition coefficient (Wildman–Crippen LogP) is 8.11. The number of allylic oxidation sites excluding steroid dienone is 1. The van der Waals surface area contributed by atoms with E-state index in [4.69, 9.17) is 23.3 Å². The molecule has 2 aromatic heterocycles. The Hall–Kier alpha value is -7.40. The van der Waals surface area contributed by atoms with Crippen LogP contribution < -0.4 is 31.9 Å². The summed E-state index contributed by atoms with van der Waals surface area (Å²) >= 11 is 0. The van der Waals surface area contributed by atoms with Crippen molar-refractivity contribution in [2.24, 2.45) is 11.8 Å². The van der Waals surface area contributed by atoms with Crippen LogP contribution in [-0.4, -0.2) is 144 Å². The van der Waals surface area contributed by atoms with Gasteiger partial charge in [-0.3, -0.25) is 38.4 Å². The molecule has 6 atom stereocenters. The lowest BCUT2D eigenvalue weighted by atomic mass is 10.0. The van der Waals surface area contributed by atoms with Gasteiger partial charge in [-0.1, -0.05) is 163 Å². The number of amides is 6. The lowest BCUT2D eigenvalue weighted by molar-refractivity contribution is -0.131. The fraction of sp³-hybridized carbons (Fsp3) is 0.569. The first-order valence-electron chi connectivity index (χ1n) is 29.9. The molecule has 22 heteroatoms. The lowest BCUT2D eigenvalue weighted by Crippen LogP contribution is -2.52. The molecule has 2 aromatic carbocycles. The smallest absolute Gasteiger partial charge is 0.274 e. The molecule has 2 saturated heterocycles. The average molecular weight is 1220 g/mol. The number of benzene rings is 2. The zero-order valence-corrected chi connectivity index (χ0v) is 55.1. The summed E-state index contributed by atoms with van der Waals surface area (Å²) in [6.45, 7) is 35.4. The largest absolute Gasteiger partial charge is 0.394 e. The zero-order chi connectivity index (χ0) is 66.7. The Balaban J connectivity index is 0. The first kappa shape index (κ1) is 81.7. The van der Waals surface area contributed by atoms with Crippen LogP contribution in [0.2, 0.25) is 0 Å². The highest BCUT2D eigenvalue weighted by Gasteiger charge is 2.50. The number of carbonyl (C=O) groups is 8. The number of Topliss-reactive ketones (excluding diaryl/α,β-unsaturated/α-hetero) is 2. The van der Waals surface area contributed by atoms with E-state index >= 15 is 0 Å². The summed E-state index contributed by atoms with van der Waals surface area (Å²) in [6, 6.07) is 19.6. The number of rotatable bonds is 21. The maximum Gasteiger partial charge on any atom is 0.274 e. The van der Waals surface area contributed by atoms with Gasteiger partial charge in [0.25, 0.3) is 11.8 Å². The van der Waals surface area contributed by atoms with E-state index in [0.29, 0.717) is 30.7 Å². The van der Waals surface area contributed by atoms with Crippen molar-refractivity contribution in [2.75, 3.05) is 46.6 Å². The first-order chi connectivity index (χ1) is 41.1. The number of aliphatic hydroxyl groups is 1. The van der Waals surface area contributed by atoms with Crippen molar-refractivity contribution in [1.29, 1.82) is 0 Å². The van der Waals surface area contributed by atoms with Crippen LogP contribution in [0.25, 0.3) is 0 Å². The number of ketones is 2. The van der Waals surface area contributed by atoms with Gasteiger partial charge in [0.2, 0.25) is 23.6 Å². The van der Waals surface area contributed by atoms with Crippen LogP contribution in [0, 0.1) is 32.6 Å². The molecule has 6 amide bonds. The Bertz CT molecular complexity index is 2550. The fourth-order valence-electron chi connectivity index (χ4n) is 6.39. The van der Waals surface area contributed by atoms with Crippen LogP contribution in [0.5, 0.6) is 0 Å². The number of aryl methyl sites for hydroxylation is 3. The molecule has 0 spiro atoms. The van der Waals surface area contributed by atoms with Crippen LogP contribution in [-0.2, 0) is 49.4 Å². The van der Waals surface area contributed by atoms with Crippen LogP contribution in [0.4, 0.5) is 0 Å². The highest BCUT2D eigenvalue weighted by Crippen LogP contribution is 2.33. The summed E-state index contributed by atoms with van der Waals surface area (Å²) in [5.41, 5.74) is 0.973. The van der Waals surface area contributed by atoms with Gasteiger partial charge in [0, 0.05) is 25.7 Å². The Labute approximate surface area is 517 Å². The highest BCUT2D eigenvalue weighted by atomic mass is 16.6. The van der Waals surface area contributed by atoms with Crippen LogP contribution in [0.3, 0.4) is 0 Å². The molecule has 7 N–H and O–H groups in total. The Morgan fingerprint density at radius 2 is 1.01 bits per heavy atom. The summed E-state index contributed by atoms with van der Waals surface area (Å²) in [6.07, 6.45) is 7.28. The molecular formula is C65H104N8O14. The van der Waals surface area contributed by atoms with Gasteiger partial charge in [-0.2, -0.15) is 0 Å². The monoisotopic (exact) mass is 1220 g/mol. The van der Waals surface area contributed by atoms with Gasteiger partial charge in [-0.15, -0.1) is 6.58 Å². The van der Waals surface area contributed by atoms with Crippen LogP contribution in [0.1, 0.15) is 166 Å². The maximum absolute atomic E-state index is 12.4. The minimum absolute atomic E-state index is 0.0420. The number of methoxy groups -OCH3 is 1. The fourth-order valence-corrected chi connectivity index (χ4v) is 6.39. The Morgan fingerprint density at radius 1 is 0.655 bits per heavy atom. The average Bonchev–Trinajstić information content (AvgIpc) is 3.97. The van der Waals surface area contributed by atoms with Gasteiger partial charge in [-0.05, 0) is 80.1 Å². The predicted molar refractivity (Wildman–Crippen MR) is 338 cm³/mol. The molecule has 1 aliphatic carbocycles. The number of hydrogen-bond acceptors (Lipinski definition) is 16. The summed E-state index contributed by atoms with van der Waals surface area (Å²) < 4.78 is 25.0. The zero-order valence-electron chi connectivity index (χ0n) is 55.1. The molecule has 3 fully saturated rings. The number of ether oxygens (including phenoxy) is 3. The van der Waals surface area contributed by atoms with Gasteiger partial charge < -0.3 is 60.3 Å². The van der Waals surface area contributed by atoms with Gasteiger partial charge in [0.05, 0.1) is 51.6 Å². The summed E-state index contributed by atoms with van der Waals surface area (Å²) in [5, 5.41) is 31.0. The van der Waals surface area contributed by atoms with Crippen molar-refractivity contribution in [1.82, 2.24) is 42.2 Å². The van der Waals surface area contributed by atoms with Gasteiger partial charge in [0.1, 0.15) is 34.8 Å². The molecule has 3 aliphatic rings. The van der Waals surface area contributed by atoms with Crippen molar-refractivity contribution in [3.8, 4) is 0 Å². The second-order valence-electron chi connectivity index (χ2n) is 21.5. The van der Waals surface area contributed by atoms with Gasteiger partial charge in [-0.25, -0.2) is 0 Å². The molecule has 2 aliphatic heterocycles. The van der Waals surface area contributed by atoms with E-state index in [1.807, 2.05) is 57.2 Å². The number of nitrogens with one attached hydrogen (secondary N) is 6. The number of carbonyl (C=O) groups excluding carboxylic acids is 8. The number of hydrogen-bond donors (Lipinski definition) is 7. The van der Waals surface area contributed by atoms with E-state index in [9.17, 15) is 43.5 Å². The molecule has 488 valence electrons. The topological polar surface area (TPSA) is 315 Å². The molecule has 0 bridgehead atoms. The standard InChI is InChI=1S/C20H28N4O7.C16H22N4O7.2C7H8.C4H10.2C3H8.C3H6.C2H6/c1-11(17(26)20(2)10-30-20)22-16(25)8-21-18(27)15(9-29-3)23-19(28)14-7-13(31-24-14)6-12-4-5-12;1-8-4-10(20-27-8)15(25)19-11(6-21)14(24)17-5-12(22)18-9(2)13(23)16(3)7-26-16;2*1-7-5-3-2-4-6-7;1-4(2)3;3*1-3-2;1-2/h7,11-12,15H,4-6,8-10H2,1-3H3,(H,21,27)(H,22,25)(H,23,28);4,9,11,21H,5-7H2,1-3H3,(H,17,24)(H,18,22)(H,19,25);2*2-6H,1H3;4H,1-3H3;2*3H2,1-2H3;3H,1H2,2H3;1-2H3/t11?,15-,20?;9?,11-,16+;;;;;;;/m00......./s1. The second kappa shape index (κ2) is 45.9. The molecular weight excluding hydrogens is 1120 g/mol. The van der Waals surface area contributed by atoms with E-state index in [-0.39, 0.29) is 36.1 Å². The highest BCUT2D eigenvalue weighted by molar-refractivity contribution is 6.00. The summed E-state index contributed by atoms with van der Waals surface area (Å²) in [7, 11) is 1.39. The number of epoxide rings is 2. The normalized spacial score (nSPS) is 16.5. The Morgan fingerprint density at radius 3 is 1.32 bits per heavy atom. The van der Waals surface area contributed by atoms with Crippen LogP contribution in [0.15, 0.2) is 94.5 Å². The van der Waals surface area contributed by atoms with Crippen molar-refractivity contribution >= 4 is 47.0 Å². The molecule has 7 rings (SSSR count). The molecule has 22 nitrogen and oxygen atoms in total. The molecule has 1 saturated carbocycles. The second-order valence-corrected chi connectivity index (χ2v) is 21.5. The molecule has 0 radical (unpaired) electrons. The number of nitrogens with zero attached hydrogens (tertiary/aromatic N) is 2. The SMILES string of the molecule is C=CC.CC.CC(C)C.CCC.CCC.COC[C@H](NC(=O)c1cc(CC2CC2)on1)C(=O)NCC(=O)NC(C)C(=O)C1(C)CO1.Cc1cc(C(=O)N[C@@H](CO)C(=O)NCC(=O)NC(C)C(=O)[C@@]2(C)CO2)no1.Cc1ccccc1.Cc1ccccc1. The Kier molecular flexibility index (Phi) is 43.0. The molecule has 4 heterocycles. The number of aliphatic hydroxyl groups excluding tert-OH is 1. The van der Waals surface area contributed by atoms with E-state index in [1.54, 1.807) is 39.8 Å². The molecule has 4 aromatic rings. The van der Waals surface area contributed by atoms with E-state index in [1.165, 1.54) is 44.1 Å². The van der Waals surface area contributed by atoms with Crippen molar-refractivity contribution < 1.29 is 66.7 Å². The van der Waals surface area contributed by atoms with Crippen molar-refractivity contribution in [3.63, 3.8) is 0 Å². The maximum atomic E-state index is 12.4. The van der Waals surface area contributed by atoms with Gasteiger partial charge in [0.15, 0.2) is 23.0 Å². The van der Waals surface area contributed by atoms with E-state index in [0.717, 1.165) is 25.2 Å². The summed E-state index contributed by atoms with van der Waals surface area (Å²) in [4.78, 5) is 96.9. The quantitative estimate of drug-likeness (QED) is 0.0306. The van der Waals surface area contributed by atoms with Gasteiger partial charge >= 0.3 is 0 Å². The first-order valence-corrected chi connectivity index (χ1v) is 29.9. The van der Waals surface area contributed by atoms with Crippen molar-refractivity contribution in [3.05, 3.63) is 119 Å². The lowest BCUT2D eigenvalue weighted by Gasteiger charge is -2.18. The van der Waals surface area contributed by atoms with E-state index in [2.05, 4.69) is 135 Å². The minimum Gasteiger partial charge on any atom is -0.394 e. The third-order valence-electron chi connectivity index (χ3n) is 11.1. The number of aromatic nitrogens is 2. The minimum atomic E-state index is -1.28. The van der Waals surface area contributed by atoms with Crippen LogP contribution >= 0.6 is 0 Å². The molecule has 87 heavy (non-hydrogen) atoms. The molecule has 3 unspecified atom stereocenters.